The van der Waals surface area contributed by atoms with Gasteiger partial charge in [-0.05, 0) is 121 Å². The van der Waals surface area contributed by atoms with Gasteiger partial charge in [-0.3, -0.25) is 0 Å². The van der Waals surface area contributed by atoms with Crippen molar-refractivity contribution in [1.82, 2.24) is 14.7 Å². The van der Waals surface area contributed by atoms with E-state index in [2.05, 4.69) is 35.5 Å². The summed E-state index contributed by atoms with van der Waals surface area (Å²) in [5.41, 5.74) is 0. The van der Waals surface area contributed by atoms with E-state index in [0.717, 1.165) is 23.8 Å². The van der Waals surface area contributed by atoms with Gasteiger partial charge in [0.05, 0.1) is 0 Å². The van der Waals surface area contributed by atoms with E-state index in [4.69, 9.17) is 0 Å². The maximum Gasteiger partial charge on any atom is 0.0120 e. The van der Waals surface area contributed by atoms with Crippen molar-refractivity contribution in [3.05, 3.63) is 0 Å². The molecule has 3 nitrogen and oxygen atoms in total. The maximum atomic E-state index is 2.82. The summed E-state index contributed by atoms with van der Waals surface area (Å²) in [4.78, 5) is 8.30. The van der Waals surface area contributed by atoms with E-state index >= 15 is 0 Å². The molecule has 0 aromatic carbocycles. The Morgan fingerprint density at radius 2 is 1.10 bits per heavy atom. The van der Waals surface area contributed by atoms with Crippen LogP contribution < -0.4 is 0 Å². The lowest BCUT2D eigenvalue weighted by atomic mass is 9.87. The predicted molar refractivity (Wildman–Crippen MR) is 140 cm³/mol. The van der Waals surface area contributed by atoms with Crippen LogP contribution in [0.25, 0.3) is 0 Å². The molecule has 0 saturated carbocycles. The van der Waals surface area contributed by atoms with Crippen LogP contribution in [0.5, 0.6) is 0 Å². The second-order valence-electron chi connectivity index (χ2n) is 10.1. The first-order valence-corrected chi connectivity index (χ1v) is 14.3. The van der Waals surface area contributed by atoms with Crippen molar-refractivity contribution in [2.24, 2.45) is 17.8 Å². The third kappa shape index (κ3) is 10.6. The number of piperidine rings is 3. The molecule has 0 bridgehead atoms. The second kappa shape index (κ2) is 17.4. The van der Waals surface area contributed by atoms with Crippen molar-refractivity contribution in [3.8, 4) is 0 Å². The molecule has 3 rings (SSSR count). The molecular formula is C28H59N3. The summed E-state index contributed by atoms with van der Waals surface area (Å²) < 4.78 is 0. The third-order valence-corrected chi connectivity index (χ3v) is 8.07. The van der Waals surface area contributed by atoms with Gasteiger partial charge < -0.3 is 14.7 Å². The fraction of sp³-hybridized carbons (Fsp3) is 1.00. The number of hydrogen-bond donors (Lipinski definition) is 0. The highest BCUT2D eigenvalue weighted by atomic mass is 15.2. The molecule has 3 aliphatic heterocycles. The number of nitrogens with zero attached hydrogens (tertiary/aromatic N) is 3. The minimum atomic E-state index is 0.882. The first-order chi connectivity index (χ1) is 15.2. The van der Waals surface area contributed by atoms with Crippen LogP contribution in [0.15, 0.2) is 0 Å². The molecule has 0 aliphatic carbocycles. The number of hydrogen-bond acceptors (Lipinski definition) is 3. The van der Waals surface area contributed by atoms with Gasteiger partial charge in [-0.25, -0.2) is 0 Å². The van der Waals surface area contributed by atoms with E-state index in [9.17, 15) is 0 Å². The lowest BCUT2D eigenvalue weighted by Gasteiger charge is -2.41. The van der Waals surface area contributed by atoms with E-state index in [0.29, 0.717) is 0 Å². The standard InChI is InChI=1S/C24H47N3.2C2H6/c1-4-22-7-19-27(20-8-22)24-11-17-26(18-12-24)14-6-5-13-25-15-9-23(10-16-25)21(2)3;2*1-2/h21-24H,4-20H2,1-3H3;2*1-2H3. The van der Waals surface area contributed by atoms with Crippen LogP contribution in [0.3, 0.4) is 0 Å². The zero-order chi connectivity index (χ0) is 23.1. The van der Waals surface area contributed by atoms with Crippen molar-refractivity contribution in [2.45, 2.75) is 112 Å². The van der Waals surface area contributed by atoms with Gasteiger partial charge in [0.2, 0.25) is 0 Å². The lowest BCUT2D eigenvalue weighted by Crippen LogP contribution is -2.47. The minimum absolute atomic E-state index is 0.882. The topological polar surface area (TPSA) is 9.72 Å². The van der Waals surface area contributed by atoms with E-state index in [1.54, 1.807) is 0 Å². The summed E-state index contributed by atoms with van der Waals surface area (Å²) in [6, 6.07) is 0.890. The molecule has 31 heavy (non-hydrogen) atoms. The van der Waals surface area contributed by atoms with Crippen LogP contribution in [-0.2, 0) is 0 Å². The van der Waals surface area contributed by atoms with Gasteiger partial charge in [-0.2, -0.15) is 0 Å². The van der Waals surface area contributed by atoms with E-state index in [-0.39, 0.29) is 0 Å². The Morgan fingerprint density at radius 3 is 1.52 bits per heavy atom. The lowest BCUT2D eigenvalue weighted by molar-refractivity contribution is 0.0758. The Morgan fingerprint density at radius 1 is 0.645 bits per heavy atom. The van der Waals surface area contributed by atoms with Crippen molar-refractivity contribution in [1.29, 1.82) is 0 Å². The van der Waals surface area contributed by atoms with Crippen LogP contribution >= 0.6 is 0 Å². The molecule has 0 aromatic heterocycles. The van der Waals surface area contributed by atoms with Crippen LogP contribution in [0.1, 0.15) is 106 Å². The van der Waals surface area contributed by atoms with Gasteiger partial charge in [0.25, 0.3) is 0 Å². The summed E-state index contributed by atoms with van der Waals surface area (Å²) >= 11 is 0. The normalized spacial score (nSPS) is 23.2. The molecule has 0 aromatic rings. The molecule has 3 saturated heterocycles. The van der Waals surface area contributed by atoms with Gasteiger partial charge in [-0.1, -0.05) is 54.9 Å². The molecule has 0 radical (unpaired) electrons. The van der Waals surface area contributed by atoms with Gasteiger partial charge in [0, 0.05) is 6.04 Å². The maximum absolute atomic E-state index is 2.82. The summed E-state index contributed by atoms with van der Waals surface area (Å²) in [5.74, 6) is 2.88. The summed E-state index contributed by atoms with van der Waals surface area (Å²) in [6.07, 6.45) is 12.8. The van der Waals surface area contributed by atoms with E-state index in [1.165, 1.54) is 110 Å². The quantitative estimate of drug-likeness (QED) is 0.388. The highest BCUT2D eigenvalue weighted by Gasteiger charge is 2.27. The second-order valence-corrected chi connectivity index (χ2v) is 10.1. The average molecular weight is 438 g/mol. The van der Waals surface area contributed by atoms with Crippen molar-refractivity contribution in [3.63, 3.8) is 0 Å². The molecule has 0 unspecified atom stereocenters. The Hall–Kier alpha value is -0.120. The van der Waals surface area contributed by atoms with Crippen molar-refractivity contribution in [2.75, 3.05) is 52.4 Å². The molecule has 0 atom stereocenters. The smallest absolute Gasteiger partial charge is 0.0120 e. The Bertz CT molecular complexity index is 387. The van der Waals surface area contributed by atoms with Crippen LogP contribution in [0.4, 0.5) is 0 Å². The molecule has 3 heterocycles. The Labute approximate surface area is 197 Å². The Balaban J connectivity index is 0.00000113. The molecular weight excluding hydrogens is 378 g/mol. The number of rotatable bonds is 8. The zero-order valence-corrected chi connectivity index (χ0v) is 22.7. The molecule has 0 spiro atoms. The Kier molecular flexibility index (Phi) is 16.2. The summed E-state index contributed by atoms with van der Waals surface area (Å²) in [6.45, 7) is 26.0. The summed E-state index contributed by atoms with van der Waals surface area (Å²) in [7, 11) is 0. The average Bonchev–Trinajstić information content (AvgIpc) is 2.85. The van der Waals surface area contributed by atoms with E-state index < -0.39 is 0 Å². The number of likely N-dealkylation sites (tertiary alicyclic amines) is 3. The fourth-order valence-electron chi connectivity index (χ4n) is 5.75. The highest BCUT2D eigenvalue weighted by molar-refractivity contribution is 4.83. The molecule has 3 heteroatoms. The van der Waals surface area contributed by atoms with Crippen molar-refractivity contribution >= 4 is 0 Å². The first kappa shape index (κ1) is 28.9. The summed E-state index contributed by atoms with van der Waals surface area (Å²) in [5, 5.41) is 0. The largest absolute Gasteiger partial charge is 0.303 e. The van der Waals surface area contributed by atoms with Gasteiger partial charge in [-0.15, -0.1) is 0 Å². The molecule has 3 aliphatic rings. The minimum Gasteiger partial charge on any atom is -0.303 e. The van der Waals surface area contributed by atoms with Crippen LogP contribution in [-0.4, -0.2) is 73.1 Å². The van der Waals surface area contributed by atoms with Crippen molar-refractivity contribution < 1.29 is 0 Å². The van der Waals surface area contributed by atoms with Crippen LogP contribution in [0, 0.1) is 17.8 Å². The molecule has 186 valence electrons. The van der Waals surface area contributed by atoms with Gasteiger partial charge in [0.15, 0.2) is 0 Å². The molecule has 3 fully saturated rings. The third-order valence-electron chi connectivity index (χ3n) is 8.07. The van der Waals surface area contributed by atoms with Crippen LogP contribution in [0.2, 0.25) is 0 Å². The van der Waals surface area contributed by atoms with Gasteiger partial charge in [0.1, 0.15) is 0 Å². The monoisotopic (exact) mass is 437 g/mol. The fourth-order valence-corrected chi connectivity index (χ4v) is 5.75. The van der Waals surface area contributed by atoms with E-state index in [1.807, 2.05) is 27.7 Å². The SMILES string of the molecule is CC.CC.CCC1CCN(C2CCN(CCCCN3CCC(C(C)C)CC3)CC2)CC1. The molecule has 0 amide bonds. The molecule has 0 N–H and O–H groups in total. The van der Waals surface area contributed by atoms with Gasteiger partial charge >= 0.3 is 0 Å². The zero-order valence-electron chi connectivity index (χ0n) is 22.7. The first-order valence-electron chi connectivity index (χ1n) is 14.3. The number of unbranched alkanes of at least 4 members (excludes halogenated alkanes) is 1. The highest BCUT2D eigenvalue weighted by Crippen LogP contribution is 2.26. The predicted octanol–water partition coefficient (Wildman–Crippen LogP) is 6.77.